The molecule has 1 heterocycles. The van der Waals surface area contributed by atoms with Crippen LogP contribution >= 0.6 is 11.6 Å². The lowest BCUT2D eigenvalue weighted by Crippen LogP contribution is -2.49. The molecule has 0 saturated carbocycles. The van der Waals surface area contributed by atoms with Crippen LogP contribution in [0.2, 0.25) is 0 Å². The number of carbonyl (C=O) groups excluding carboxylic acids is 2. The van der Waals surface area contributed by atoms with Crippen molar-refractivity contribution in [2.45, 2.75) is 46.8 Å². The van der Waals surface area contributed by atoms with Crippen LogP contribution in [0.4, 0.5) is 4.79 Å². The van der Waals surface area contributed by atoms with E-state index in [1.165, 1.54) is 4.90 Å². The van der Waals surface area contributed by atoms with Crippen molar-refractivity contribution < 1.29 is 9.59 Å². The molecular formula is C12H21ClN2O2. The Morgan fingerprint density at radius 3 is 2.12 bits per heavy atom. The number of likely N-dealkylation sites (N-methyl/N-ethyl adjacent to an activating group) is 1. The van der Waals surface area contributed by atoms with Gasteiger partial charge in [-0.15, -0.1) is 0 Å². The maximum absolute atomic E-state index is 12.2. The molecule has 0 unspecified atom stereocenters. The molecule has 0 N–H and O–H groups in total. The number of nitrogens with zero attached hydrogens (tertiary/aromatic N) is 2. The van der Waals surface area contributed by atoms with E-state index in [1.807, 2.05) is 34.6 Å². The van der Waals surface area contributed by atoms with Crippen LogP contribution in [0.1, 0.15) is 34.6 Å². The summed E-state index contributed by atoms with van der Waals surface area (Å²) in [6.07, 6.45) is -0.285. The molecule has 5 heteroatoms. The summed E-state index contributed by atoms with van der Waals surface area (Å²) >= 11 is 5.66. The number of hydrogen-bond donors (Lipinski definition) is 0. The Bertz CT molecular complexity index is 336. The first-order valence-electron chi connectivity index (χ1n) is 5.83. The number of halogens is 1. The summed E-state index contributed by atoms with van der Waals surface area (Å²) in [5.74, 6) is 0.0222. The van der Waals surface area contributed by atoms with Gasteiger partial charge in [-0.3, -0.25) is 14.5 Å². The van der Waals surface area contributed by atoms with Crippen molar-refractivity contribution in [1.82, 2.24) is 9.80 Å². The zero-order valence-electron chi connectivity index (χ0n) is 11.3. The predicted octanol–water partition coefficient (Wildman–Crippen LogP) is 2.52. The molecule has 1 fully saturated rings. The second-order valence-corrected chi connectivity index (χ2v) is 6.36. The minimum absolute atomic E-state index is 0.0334. The van der Waals surface area contributed by atoms with Crippen molar-refractivity contribution in [1.29, 1.82) is 0 Å². The molecule has 0 aromatic carbocycles. The quantitative estimate of drug-likeness (QED) is 0.537. The van der Waals surface area contributed by atoms with E-state index in [1.54, 1.807) is 11.9 Å². The summed E-state index contributed by atoms with van der Waals surface area (Å²) in [4.78, 5) is 27.0. The van der Waals surface area contributed by atoms with Gasteiger partial charge >= 0.3 is 5.37 Å². The summed E-state index contributed by atoms with van der Waals surface area (Å²) in [6.45, 7) is 9.84. The maximum Gasteiger partial charge on any atom is 0.318 e. The van der Waals surface area contributed by atoms with Crippen LogP contribution in [-0.4, -0.2) is 40.3 Å². The highest BCUT2D eigenvalue weighted by Gasteiger charge is 2.51. The van der Waals surface area contributed by atoms with Gasteiger partial charge in [-0.2, -0.15) is 0 Å². The number of hydrogen-bond acceptors (Lipinski definition) is 2. The minimum Gasteiger partial charge on any atom is -0.323 e. The minimum atomic E-state index is -0.554. The normalized spacial score (nSPS) is 26.0. The van der Waals surface area contributed by atoms with E-state index < -0.39 is 11.4 Å². The molecule has 17 heavy (non-hydrogen) atoms. The summed E-state index contributed by atoms with van der Waals surface area (Å²) in [6, 6.07) is -0.450. The lowest BCUT2D eigenvalue weighted by Gasteiger charge is -2.38. The monoisotopic (exact) mass is 260 g/mol. The smallest absolute Gasteiger partial charge is 0.318 e. The van der Waals surface area contributed by atoms with E-state index in [4.69, 9.17) is 11.6 Å². The van der Waals surface area contributed by atoms with Gasteiger partial charge in [0.25, 0.3) is 0 Å². The molecule has 1 aliphatic heterocycles. The van der Waals surface area contributed by atoms with Gasteiger partial charge in [0, 0.05) is 12.5 Å². The molecule has 0 aromatic heterocycles. The topological polar surface area (TPSA) is 40.6 Å². The van der Waals surface area contributed by atoms with Crippen molar-refractivity contribution in [2.75, 3.05) is 7.05 Å². The fourth-order valence-corrected chi connectivity index (χ4v) is 2.79. The Kier molecular flexibility index (Phi) is 3.77. The molecule has 0 aromatic rings. The van der Waals surface area contributed by atoms with E-state index in [0.29, 0.717) is 0 Å². The Morgan fingerprint density at radius 1 is 1.35 bits per heavy atom. The first-order chi connectivity index (χ1) is 7.59. The van der Waals surface area contributed by atoms with Gasteiger partial charge in [-0.05, 0) is 17.5 Å². The van der Waals surface area contributed by atoms with Gasteiger partial charge in [0.05, 0.1) is 0 Å². The van der Waals surface area contributed by atoms with Gasteiger partial charge in [-0.25, -0.2) is 0 Å². The average Bonchev–Trinajstić information content (AvgIpc) is 2.38. The molecule has 1 rings (SSSR count). The van der Waals surface area contributed by atoms with E-state index in [-0.39, 0.29) is 23.4 Å². The molecule has 0 aliphatic carbocycles. The van der Waals surface area contributed by atoms with Gasteiger partial charge in [0.1, 0.15) is 12.2 Å². The Hall–Kier alpha value is -0.770. The van der Waals surface area contributed by atoms with Gasteiger partial charge in [0.15, 0.2) is 0 Å². The Balaban J connectivity index is 3.22. The highest BCUT2D eigenvalue weighted by atomic mass is 35.5. The van der Waals surface area contributed by atoms with Crippen molar-refractivity contribution in [3.8, 4) is 0 Å². The predicted molar refractivity (Wildman–Crippen MR) is 67.7 cm³/mol. The van der Waals surface area contributed by atoms with Crippen LogP contribution in [0.5, 0.6) is 0 Å². The van der Waals surface area contributed by atoms with Crippen LogP contribution < -0.4 is 0 Å². The zero-order chi connectivity index (χ0) is 13.5. The third kappa shape index (κ3) is 2.41. The van der Waals surface area contributed by atoms with E-state index in [2.05, 4.69) is 0 Å². The SMILES string of the molecule is CC(C)[C@H]1C(=O)N(C)[C@H](C(C)(C)C)N1C(=O)Cl. The van der Waals surface area contributed by atoms with Gasteiger partial charge < -0.3 is 4.90 Å². The van der Waals surface area contributed by atoms with Crippen molar-refractivity contribution in [3.05, 3.63) is 0 Å². The van der Waals surface area contributed by atoms with Crippen LogP contribution in [0, 0.1) is 11.3 Å². The first kappa shape index (κ1) is 14.3. The third-order valence-corrected chi connectivity index (χ3v) is 3.33. The molecule has 2 amide bonds. The standard InChI is InChI=1S/C12H21ClN2O2/c1-7(2)8-9(16)14(6)10(12(3,4)5)15(8)11(13)17/h7-8,10H,1-6H3/t8-,10-/m0/s1. The largest absolute Gasteiger partial charge is 0.323 e. The van der Waals surface area contributed by atoms with E-state index in [0.717, 1.165) is 0 Å². The van der Waals surface area contributed by atoms with Gasteiger partial charge in [-0.1, -0.05) is 34.6 Å². The second kappa shape index (κ2) is 4.48. The highest BCUT2D eigenvalue weighted by Crippen LogP contribution is 2.36. The highest BCUT2D eigenvalue weighted by molar-refractivity contribution is 6.63. The molecule has 1 saturated heterocycles. The van der Waals surface area contributed by atoms with Crippen LogP contribution in [0.25, 0.3) is 0 Å². The third-order valence-electron chi connectivity index (χ3n) is 3.14. The first-order valence-corrected chi connectivity index (χ1v) is 6.21. The molecule has 98 valence electrons. The van der Waals surface area contributed by atoms with Crippen LogP contribution in [-0.2, 0) is 4.79 Å². The second-order valence-electron chi connectivity index (χ2n) is 6.04. The summed E-state index contributed by atoms with van der Waals surface area (Å²) in [5.41, 5.74) is -0.224. The van der Waals surface area contributed by atoms with E-state index in [9.17, 15) is 9.59 Å². The molecule has 0 spiro atoms. The summed E-state index contributed by atoms with van der Waals surface area (Å²) in [5, 5.41) is -0.554. The van der Waals surface area contributed by atoms with Crippen molar-refractivity contribution in [3.63, 3.8) is 0 Å². The summed E-state index contributed by atoms with van der Waals surface area (Å²) < 4.78 is 0. The molecular weight excluding hydrogens is 240 g/mol. The van der Waals surface area contributed by atoms with Crippen LogP contribution in [0.3, 0.4) is 0 Å². The average molecular weight is 261 g/mol. The van der Waals surface area contributed by atoms with E-state index >= 15 is 0 Å². The Labute approximate surface area is 108 Å². The molecule has 1 aliphatic rings. The number of amides is 2. The fraction of sp³-hybridized carbons (Fsp3) is 0.833. The van der Waals surface area contributed by atoms with Crippen molar-refractivity contribution in [2.24, 2.45) is 11.3 Å². The summed E-state index contributed by atoms with van der Waals surface area (Å²) in [7, 11) is 1.73. The number of carbonyl (C=O) groups is 2. The maximum atomic E-state index is 12.2. The van der Waals surface area contributed by atoms with Crippen molar-refractivity contribution >= 4 is 22.9 Å². The molecule has 0 radical (unpaired) electrons. The van der Waals surface area contributed by atoms with Crippen LogP contribution in [0.15, 0.2) is 0 Å². The fourth-order valence-electron chi connectivity index (χ4n) is 2.60. The Morgan fingerprint density at radius 2 is 1.82 bits per heavy atom. The number of rotatable bonds is 1. The zero-order valence-corrected chi connectivity index (χ0v) is 12.1. The molecule has 4 nitrogen and oxygen atoms in total. The lowest BCUT2D eigenvalue weighted by atomic mass is 9.91. The molecule has 2 atom stereocenters. The van der Waals surface area contributed by atoms with Gasteiger partial charge in [0.2, 0.25) is 5.91 Å². The lowest BCUT2D eigenvalue weighted by molar-refractivity contribution is -0.130. The molecule has 0 bridgehead atoms.